The second kappa shape index (κ2) is 11.9. The van der Waals surface area contributed by atoms with Gasteiger partial charge in [0.1, 0.15) is 5.65 Å². The highest BCUT2D eigenvalue weighted by Gasteiger charge is 2.26. The van der Waals surface area contributed by atoms with Gasteiger partial charge in [-0.2, -0.15) is 0 Å². The van der Waals surface area contributed by atoms with Crippen LogP contribution in [-0.4, -0.2) is 65.0 Å². The van der Waals surface area contributed by atoms with E-state index in [1.807, 2.05) is 37.4 Å². The fourth-order valence-corrected chi connectivity index (χ4v) is 4.47. The summed E-state index contributed by atoms with van der Waals surface area (Å²) in [5.74, 6) is -0.850. The number of aliphatic hydroxyl groups excluding tert-OH is 1. The molecule has 3 aromatic heterocycles. The zero-order chi connectivity index (χ0) is 26.4. The molecule has 0 saturated heterocycles. The first-order chi connectivity index (χ1) is 18.0. The van der Waals surface area contributed by atoms with Gasteiger partial charge in [-0.15, -0.1) is 0 Å². The predicted molar refractivity (Wildman–Crippen MR) is 143 cm³/mol. The van der Waals surface area contributed by atoms with Gasteiger partial charge in [0.2, 0.25) is 5.91 Å². The van der Waals surface area contributed by atoms with Crippen LogP contribution in [0, 0.1) is 0 Å². The summed E-state index contributed by atoms with van der Waals surface area (Å²) in [5.41, 5.74) is 4.01. The molecule has 0 saturated carbocycles. The first kappa shape index (κ1) is 26.2. The molecule has 1 atom stereocenters. The number of esters is 1. The Bertz CT molecular complexity index is 1390. The maximum Gasteiger partial charge on any atom is 0.356 e. The number of carbonyl (C=O) groups is 2. The van der Waals surface area contributed by atoms with E-state index < -0.39 is 5.97 Å². The second-order valence-corrected chi connectivity index (χ2v) is 8.92. The average molecular weight is 508 g/mol. The summed E-state index contributed by atoms with van der Waals surface area (Å²) in [5, 5.41) is 17.2. The van der Waals surface area contributed by atoms with Crippen LogP contribution in [0.25, 0.3) is 21.9 Å². The summed E-state index contributed by atoms with van der Waals surface area (Å²) in [4.78, 5) is 33.7. The third kappa shape index (κ3) is 5.76. The van der Waals surface area contributed by atoms with Gasteiger partial charge in [0.15, 0.2) is 5.69 Å². The number of nitrogens with zero attached hydrogens (tertiary/aromatic N) is 2. The number of amides is 1. The van der Waals surface area contributed by atoms with E-state index in [1.54, 1.807) is 10.8 Å². The topological polar surface area (TPSA) is 130 Å². The van der Waals surface area contributed by atoms with E-state index in [0.717, 1.165) is 16.5 Å². The Morgan fingerprint density at radius 1 is 1.22 bits per heavy atom. The fourth-order valence-electron chi connectivity index (χ4n) is 4.47. The Kier molecular flexibility index (Phi) is 8.42. The summed E-state index contributed by atoms with van der Waals surface area (Å²) in [6.45, 7) is 2.71. The van der Waals surface area contributed by atoms with E-state index in [2.05, 4.69) is 26.7 Å². The largest absolute Gasteiger partial charge is 0.464 e. The number of aryl methyl sites for hydroxylation is 2. The van der Waals surface area contributed by atoms with Gasteiger partial charge in [-0.25, -0.2) is 9.78 Å². The summed E-state index contributed by atoms with van der Waals surface area (Å²) >= 11 is 0. The maximum atomic E-state index is 13.0. The molecule has 10 heteroatoms. The number of methoxy groups -OCH3 is 2. The Hall–Kier alpha value is -3.89. The minimum atomic E-state index is -0.567. The molecular weight excluding hydrogens is 474 g/mol. The van der Waals surface area contributed by atoms with Crippen molar-refractivity contribution in [3.63, 3.8) is 0 Å². The van der Waals surface area contributed by atoms with E-state index >= 15 is 0 Å². The molecule has 0 spiro atoms. The summed E-state index contributed by atoms with van der Waals surface area (Å²) in [6.07, 6.45) is 5.00. The van der Waals surface area contributed by atoms with Crippen LogP contribution in [-0.2, 0) is 27.2 Å². The van der Waals surface area contributed by atoms with Gasteiger partial charge in [0.05, 0.1) is 37.7 Å². The van der Waals surface area contributed by atoms with Crippen molar-refractivity contribution in [1.82, 2.24) is 14.5 Å². The van der Waals surface area contributed by atoms with Crippen LogP contribution in [0.1, 0.15) is 35.8 Å². The number of H-pyrrole nitrogens is 1. The first-order valence-electron chi connectivity index (χ1n) is 12.3. The number of aromatic amines is 1. The Morgan fingerprint density at radius 3 is 2.78 bits per heavy atom. The van der Waals surface area contributed by atoms with E-state index in [4.69, 9.17) is 9.47 Å². The molecule has 1 amide bonds. The molecule has 4 rings (SSSR count). The van der Waals surface area contributed by atoms with E-state index in [-0.39, 0.29) is 37.3 Å². The van der Waals surface area contributed by atoms with E-state index in [0.29, 0.717) is 41.8 Å². The van der Waals surface area contributed by atoms with Crippen molar-refractivity contribution < 1.29 is 24.2 Å². The summed E-state index contributed by atoms with van der Waals surface area (Å²) in [6, 6.07) is 9.91. The number of anilines is 2. The van der Waals surface area contributed by atoms with Gasteiger partial charge in [-0.05, 0) is 37.5 Å². The molecule has 3 heterocycles. The van der Waals surface area contributed by atoms with Crippen LogP contribution in [0.2, 0.25) is 0 Å². The number of hydrogen-bond donors (Lipinski definition) is 4. The lowest BCUT2D eigenvalue weighted by molar-refractivity contribution is -0.117. The molecule has 0 unspecified atom stereocenters. The quantitative estimate of drug-likeness (QED) is 0.215. The van der Waals surface area contributed by atoms with E-state index in [1.165, 1.54) is 14.2 Å². The first-order valence-corrected chi connectivity index (χ1v) is 12.3. The van der Waals surface area contributed by atoms with Gasteiger partial charge in [0.25, 0.3) is 0 Å². The van der Waals surface area contributed by atoms with Crippen molar-refractivity contribution >= 4 is 45.2 Å². The van der Waals surface area contributed by atoms with Crippen LogP contribution in [0.15, 0.2) is 42.7 Å². The molecular formula is C27H33N5O5. The molecule has 4 N–H and O–H groups in total. The van der Waals surface area contributed by atoms with Crippen molar-refractivity contribution in [2.45, 2.75) is 38.8 Å². The number of carbonyl (C=O) groups excluding carboxylic acids is 2. The molecule has 0 aliphatic carbocycles. The number of para-hydroxylation sites is 1. The number of benzene rings is 1. The van der Waals surface area contributed by atoms with Crippen LogP contribution in [0.3, 0.4) is 0 Å². The highest BCUT2D eigenvalue weighted by atomic mass is 16.5. The molecule has 0 aliphatic rings. The summed E-state index contributed by atoms with van der Waals surface area (Å²) in [7, 11) is 2.84. The number of ether oxygens (including phenoxy) is 2. The van der Waals surface area contributed by atoms with E-state index in [9.17, 15) is 14.7 Å². The number of pyridine rings is 1. The smallest absolute Gasteiger partial charge is 0.356 e. The lowest BCUT2D eigenvalue weighted by Crippen LogP contribution is -2.18. The fraction of sp³-hybridized carbons (Fsp3) is 0.370. The molecule has 196 valence electrons. The third-order valence-electron chi connectivity index (χ3n) is 6.33. The van der Waals surface area contributed by atoms with Crippen LogP contribution in [0.5, 0.6) is 0 Å². The molecule has 0 bridgehead atoms. The Morgan fingerprint density at radius 2 is 2.03 bits per heavy atom. The van der Waals surface area contributed by atoms with Gasteiger partial charge in [0, 0.05) is 48.8 Å². The van der Waals surface area contributed by atoms with Crippen LogP contribution < -0.4 is 10.6 Å². The second-order valence-electron chi connectivity index (χ2n) is 8.92. The highest BCUT2D eigenvalue weighted by Crippen LogP contribution is 2.33. The standard InChI is InChI=1S/C27H33N5O5/c1-17(9-12-33)30-19-14-21-24(31-23(34)10-13-36-2)25(27(35)37-3)32(26(21)29-16-19)11-8-18-15-28-22-7-5-4-6-20(18)22/h4-7,14-17,28,30,33H,8-13H2,1-3H3,(H,31,34)/t17-/m0/s1. The molecule has 1 aromatic carbocycles. The molecule has 37 heavy (non-hydrogen) atoms. The van der Waals surface area contributed by atoms with Gasteiger partial charge >= 0.3 is 5.97 Å². The number of hydrogen-bond acceptors (Lipinski definition) is 7. The zero-order valence-electron chi connectivity index (χ0n) is 21.3. The van der Waals surface area contributed by atoms with Crippen molar-refractivity contribution in [3.8, 4) is 0 Å². The predicted octanol–water partition coefficient (Wildman–Crippen LogP) is 3.70. The van der Waals surface area contributed by atoms with Crippen LogP contribution in [0.4, 0.5) is 11.4 Å². The average Bonchev–Trinajstić information content (AvgIpc) is 3.44. The number of nitrogens with one attached hydrogen (secondary N) is 3. The number of fused-ring (bicyclic) bond motifs is 2. The zero-order valence-corrected chi connectivity index (χ0v) is 21.3. The highest BCUT2D eigenvalue weighted by molar-refractivity contribution is 6.11. The Labute approximate surface area is 215 Å². The molecule has 0 radical (unpaired) electrons. The number of aromatic nitrogens is 3. The monoisotopic (exact) mass is 507 g/mol. The SMILES string of the molecule is COCCC(=O)Nc1c(C(=O)OC)n(CCc2c[nH]c3ccccc23)c2ncc(N[C@@H](C)CCO)cc12. The molecule has 10 nitrogen and oxygen atoms in total. The molecule has 0 fully saturated rings. The lowest BCUT2D eigenvalue weighted by atomic mass is 10.1. The third-order valence-corrected chi connectivity index (χ3v) is 6.33. The summed E-state index contributed by atoms with van der Waals surface area (Å²) < 4.78 is 12.0. The van der Waals surface area contributed by atoms with Crippen molar-refractivity contribution in [2.75, 3.05) is 38.1 Å². The van der Waals surface area contributed by atoms with Crippen molar-refractivity contribution in [2.24, 2.45) is 0 Å². The van der Waals surface area contributed by atoms with Crippen molar-refractivity contribution in [3.05, 3.63) is 54.0 Å². The molecule has 4 aromatic rings. The van der Waals surface area contributed by atoms with Gasteiger partial charge in [-0.3, -0.25) is 4.79 Å². The molecule has 0 aliphatic heterocycles. The van der Waals surface area contributed by atoms with Gasteiger partial charge in [-0.1, -0.05) is 18.2 Å². The van der Waals surface area contributed by atoms with Gasteiger partial charge < -0.3 is 34.8 Å². The minimum absolute atomic E-state index is 0.00743. The Balaban J connectivity index is 1.78. The van der Waals surface area contributed by atoms with Crippen molar-refractivity contribution in [1.29, 1.82) is 0 Å². The number of rotatable bonds is 12. The normalized spacial score (nSPS) is 12.1. The maximum absolute atomic E-state index is 13.0. The lowest BCUT2D eigenvalue weighted by Gasteiger charge is -2.14. The van der Waals surface area contributed by atoms with Crippen LogP contribution >= 0.6 is 0 Å². The number of aliphatic hydroxyl groups is 1. The minimum Gasteiger partial charge on any atom is -0.464 e.